The monoisotopic (exact) mass is 406 g/mol. The zero-order chi connectivity index (χ0) is 21.6. The molecule has 0 fully saturated rings. The summed E-state index contributed by atoms with van der Waals surface area (Å²) in [6, 6.07) is 6.06. The van der Waals surface area contributed by atoms with Gasteiger partial charge >= 0.3 is 6.09 Å². The number of nitrogens with one attached hydrogen (secondary N) is 1. The van der Waals surface area contributed by atoms with Crippen LogP contribution in [0, 0.1) is 0 Å². The fourth-order valence-corrected chi connectivity index (χ4v) is 2.70. The van der Waals surface area contributed by atoms with Crippen LogP contribution in [0.5, 0.6) is 5.75 Å². The summed E-state index contributed by atoms with van der Waals surface area (Å²) in [7, 11) is 1.22. The Morgan fingerprint density at radius 2 is 2.10 bits per heavy atom. The Bertz CT molecular complexity index is 888. The molecule has 2 heterocycles. The summed E-state index contributed by atoms with van der Waals surface area (Å²) in [5.41, 5.74) is 6.54. The van der Waals surface area contributed by atoms with Gasteiger partial charge in [-0.15, -0.1) is 6.58 Å². The molecule has 2 aromatic heterocycles. The minimum absolute atomic E-state index is 0.0308. The first-order chi connectivity index (χ1) is 13.6. The molecule has 3 N–H and O–H groups in total. The van der Waals surface area contributed by atoms with Crippen LogP contribution in [0.1, 0.15) is 32.4 Å². The van der Waals surface area contributed by atoms with Gasteiger partial charge in [-0.1, -0.05) is 5.57 Å². The van der Waals surface area contributed by atoms with Crippen molar-refractivity contribution < 1.29 is 23.0 Å². The van der Waals surface area contributed by atoms with E-state index in [4.69, 9.17) is 10.5 Å². The maximum Gasteiger partial charge on any atom is 0.412 e. The number of aromatic nitrogens is 2. The third kappa shape index (κ3) is 6.49. The highest BCUT2D eigenvalue weighted by Gasteiger charge is 2.23. The van der Waals surface area contributed by atoms with Crippen LogP contribution < -0.4 is 15.8 Å². The molecule has 0 bridgehead atoms. The lowest BCUT2D eigenvalue weighted by atomic mass is 9.96. The Hall–Kier alpha value is -3.07. The van der Waals surface area contributed by atoms with Crippen molar-refractivity contribution >= 4 is 11.9 Å². The lowest BCUT2D eigenvalue weighted by molar-refractivity contribution is 0.136. The lowest BCUT2D eigenvalue weighted by Gasteiger charge is -2.25. The molecule has 29 heavy (non-hydrogen) atoms. The molecule has 7 nitrogen and oxygen atoms in total. The zero-order valence-electron chi connectivity index (χ0n) is 16.5. The first kappa shape index (κ1) is 22.2. The van der Waals surface area contributed by atoms with Gasteiger partial charge in [0.25, 0.3) is 6.43 Å². The summed E-state index contributed by atoms with van der Waals surface area (Å²) in [6.07, 6.45) is -1.62. The van der Waals surface area contributed by atoms with Crippen molar-refractivity contribution in [3.63, 3.8) is 0 Å². The number of hydrogen-bond acceptors (Lipinski definition) is 6. The number of carbonyl (C=O) groups is 1. The number of hydrogen-bond donors (Lipinski definition) is 2. The Labute approximate surface area is 167 Å². The van der Waals surface area contributed by atoms with Crippen molar-refractivity contribution in [3.8, 4) is 17.0 Å². The minimum Gasteiger partial charge on any atom is -0.490 e. The summed E-state index contributed by atoms with van der Waals surface area (Å²) in [5.74, 6) is 0.165. The van der Waals surface area contributed by atoms with Crippen molar-refractivity contribution in [2.75, 3.05) is 19.0 Å². The fraction of sp³-hybridized carbons (Fsp3) is 0.350. The molecule has 0 aromatic carbocycles. The largest absolute Gasteiger partial charge is 0.490 e. The summed E-state index contributed by atoms with van der Waals surface area (Å²) in [5, 5.41) is 2.41. The van der Waals surface area contributed by atoms with Gasteiger partial charge in [-0.25, -0.2) is 23.5 Å². The van der Waals surface area contributed by atoms with E-state index in [-0.39, 0.29) is 23.9 Å². The topological polar surface area (TPSA) is 99.4 Å². The minimum atomic E-state index is -2.84. The molecule has 156 valence electrons. The first-order valence-electron chi connectivity index (χ1n) is 8.78. The summed E-state index contributed by atoms with van der Waals surface area (Å²) in [6.45, 7) is 7.44. The molecule has 1 amide bonds. The number of pyridine rings is 2. The van der Waals surface area contributed by atoms with Gasteiger partial charge < -0.3 is 15.2 Å². The van der Waals surface area contributed by atoms with Crippen LogP contribution in [0.4, 0.5) is 19.4 Å². The summed E-state index contributed by atoms with van der Waals surface area (Å²) >= 11 is 0. The number of methoxy groups -OCH3 is 1. The third-order valence-electron chi connectivity index (χ3n) is 3.83. The number of nitrogens with two attached hydrogens (primary N) is 1. The number of carbonyl (C=O) groups excluding carboxylic acids is 1. The van der Waals surface area contributed by atoms with Gasteiger partial charge in [0.2, 0.25) is 0 Å². The van der Waals surface area contributed by atoms with Crippen LogP contribution in [0.2, 0.25) is 0 Å². The molecule has 0 saturated carbocycles. The number of halogens is 2. The SMILES string of the molecule is C=C(C)C[C@](C)(N)COc1ccc(-c2ccnc(NC(=O)OC)c2)nc1C(F)F. The molecule has 0 aliphatic carbocycles. The van der Waals surface area contributed by atoms with Crippen LogP contribution in [0.15, 0.2) is 42.6 Å². The Morgan fingerprint density at radius 1 is 1.38 bits per heavy atom. The number of rotatable bonds is 8. The van der Waals surface area contributed by atoms with Crippen LogP contribution in [-0.2, 0) is 4.74 Å². The van der Waals surface area contributed by atoms with Gasteiger partial charge in [-0.05, 0) is 44.5 Å². The zero-order valence-corrected chi connectivity index (χ0v) is 16.5. The maximum atomic E-state index is 13.6. The van der Waals surface area contributed by atoms with Gasteiger partial charge in [0.1, 0.15) is 23.9 Å². The van der Waals surface area contributed by atoms with Crippen molar-refractivity contribution in [1.82, 2.24) is 9.97 Å². The quantitative estimate of drug-likeness (QED) is 0.634. The number of anilines is 1. The van der Waals surface area contributed by atoms with Crippen molar-refractivity contribution in [1.29, 1.82) is 0 Å². The third-order valence-corrected chi connectivity index (χ3v) is 3.83. The molecule has 0 radical (unpaired) electrons. The normalized spacial score (nSPS) is 12.9. The van der Waals surface area contributed by atoms with Crippen LogP contribution in [0.25, 0.3) is 11.3 Å². The second-order valence-electron chi connectivity index (χ2n) is 7.00. The maximum absolute atomic E-state index is 13.6. The van der Waals surface area contributed by atoms with Crippen LogP contribution in [-0.4, -0.2) is 35.3 Å². The van der Waals surface area contributed by atoms with Crippen molar-refractivity contribution in [2.45, 2.75) is 32.2 Å². The Balaban J connectivity index is 2.27. The number of nitrogens with zero attached hydrogens (tertiary/aromatic N) is 2. The average Bonchev–Trinajstić information content (AvgIpc) is 2.65. The molecule has 0 saturated heterocycles. The molecule has 2 aromatic rings. The molecule has 2 rings (SSSR count). The standard InChI is InChI=1S/C20H24F2N4O3/c1-12(2)10-20(3,23)11-29-15-6-5-14(25-17(15)18(21)22)13-7-8-24-16(9-13)26-19(27)28-4/h5-9,18H,1,10-11,23H2,2-4H3,(H,24,26,27)/t20-/m0/s1. The van der Waals surface area contributed by atoms with E-state index in [1.54, 1.807) is 19.1 Å². The summed E-state index contributed by atoms with van der Waals surface area (Å²) in [4.78, 5) is 19.3. The molecule has 9 heteroatoms. The lowest BCUT2D eigenvalue weighted by Crippen LogP contribution is -2.42. The van der Waals surface area contributed by atoms with Gasteiger partial charge in [0.15, 0.2) is 0 Å². The Morgan fingerprint density at radius 3 is 2.72 bits per heavy atom. The molecule has 0 aliphatic rings. The highest BCUT2D eigenvalue weighted by molar-refractivity contribution is 5.84. The summed E-state index contributed by atoms with van der Waals surface area (Å²) < 4.78 is 37.2. The van der Waals surface area contributed by atoms with E-state index in [9.17, 15) is 13.6 Å². The molecule has 0 aliphatic heterocycles. The number of alkyl halides is 2. The van der Waals surface area contributed by atoms with Crippen LogP contribution in [0.3, 0.4) is 0 Å². The van der Waals surface area contributed by atoms with E-state index in [1.165, 1.54) is 25.4 Å². The molecular weight excluding hydrogens is 382 g/mol. The van der Waals surface area contributed by atoms with Gasteiger partial charge in [0, 0.05) is 11.8 Å². The predicted molar refractivity (Wildman–Crippen MR) is 106 cm³/mol. The van der Waals surface area contributed by atoms with Crippen molar-refractivity contribution in [3.05, 3.63) is 48.3 Å². The van der Waals surface area contributed by atoms with Crippen LogP contribution >= 0.6 is 0 Å². The van der Waals surface area contributed by atoms with E-state index in [0.29, 0.717) is 12.0 Å². The predicted octanol–water partition coefficient (Wildman–Crippen LogP) is 4.32. The average molecular weight is 406 g/mol. The fourth-order valence-electron chi connectivity index (χ4n) is 2.70. The van der Waals surface area contributed by atoms with Gasteiger partial charge in [-0.2, -0.15) is 0 Å². The van der Waals surface area contributed by atoms with Gasteiger partial charge in [-0.3, -0.25) is 5.32 Å². The molecule has 0 spiro atoms. The highest BCUT2D eigenvalue weighted by Crippen LogP contribution is 2.31. The molecule has 1 atom stereocenters. The highest BCUT2D eigenvalue weighted by atomic mass is 19.3. The number of ether oxygens (including phenoxy) is 2. The second-order valence-corrected chi connectivity index (χ2v) is 7.00. The molecular formula is C20H24F2N4O3. The van der Waals surface area contributed by atoms with E-state index in [1.807, 2.05) is 6.92 Å². The Kier molecular flexibility index (Phi) is 7.22. The number of amides is 1. The first-order valence-corrected chi connectivity index (χ1v) is 8.78. The van der Waals surface area contributed by atoms with E-state index < -0.39 is 23.8 Å². The van der Waals surface area contributed by atoms with Gasteiger partial charge in [0.05, 0.1) is 18.3 Å². The smallest absolute Gasteiger partial charge is 0.412 e. The van der Waals surface area contributed by atoms with E-state index in [2.05, 4.69) is 26.6 Å². The van der Waals surface area contributed by atoms with E-state index >= 15 is 0 Å². The second kappa shape index (κ2) is 9.42. The van der Waals surface area contributed by atoms with E-state index in [0.717, 1.165) is 5.57 Å². The van der Waals surface area contributed by atoms with Crippen molar-refractivity contribution in [2.24, 2.45) is 5.73 Å². The molecule has 0 unspecified atom stereocenters.